The number of nitrogens with two attached hydrogens (primary N) is 1. The Bertz CT molecular complexity index is 471. The van der Waals surface area contributed by atoms with Crippen molar-refractivity contribution >= 4 is 0 Å². The predicted octanol–water partition coefficient (Wildman–Crippen LogP) is 0.455. The number of hydrazine groups is 1. The van der Waals surface area contributed by atoms with Gasteiger partial charge in [-0.25, -0.2) is 4.39 Å². The van der Waals surface area contributed by atoms with E-state index in [1.165, 1.54) is 7.11 Å². The molecule has 2 rings (SSSR count). The summed E-state index contributed by atoms with van der Waals surface area (Å²) in [4.78, 5) is 4.56. The largest absolute Gasteiger partial charge is 0.494 e. The molecule has 1 aromatic carbocycles. The lowest BCUT2D eigenvalue weighted by atomic mass is 9.96. The molecule has 1 heterocycles. The molecule has 21 heavy (non-hydrogen) atoms. The second-order valence-electron chi connectivity index (χ2n) is 5.72. The van der Waals surface area contributed by atoms with Crippen molar-refractivity contribution in [2.24, 2.45) is 5.84 Å². The molecule has 0 saturated carbocycles. The van der Waals surface area contributed by atoms with Gasteiger partial charge in [0.25, 0.3) is 0 Å². The van der Waals surface area contributed by atoms with Gasteiger partial charge in [-0.1, -0.05) is 12.1 Å². The Balaban J connectivity index is 2.15. The van der Waals surface area contributed by atoms with Crippen molar-refractivity contribution in [2.75, 3.05) is 40.8 Å². The zero-order chi connectivity index (χ0) is 15.4. The highest BCUT2D eigenvalue weighted by atomic mass is 19.1. The lowest BCUT2D eigenvalue weighted by molar-refractivity contribution is 0.0874. The van der Waals surface area contributed by atoms with Crippen LogP contribution in [-0.4, -0.2) is 62.7 Å². The van der Waals surface area contributed by atoms with Crippen LogP contribution in [0.5, 0.6) is 5.75 Å². The zero-order valence-electron chi connectivity index (χ0n) is 13.0. The molecule has 5 nitrogen and oxygen atoms in total. The molecular formula is C15H25FN4O. The van der Waals surface area contributed by atoms with Crippen LogP contribution in [0, 0.1) is 5.82 Å². The van der Waals surface area contributed by atoms with Gasteiger partial charge in [0.15, 0.2) is 11.6 Å². The molecule has 2 unspecified atom stereocenters. The van der Waals surface area contributed by atoms with Crippen LogP contribution in [0.25, 0.3) is 0 Å². The van der Waals surface area contributed by atoms with Crippen LogP contribution in [0.2, 0.25) is 0 Å². The Kier molecular flexibility index (Phi) is 5.52. The monoisotopic (exact) mass is 296 g/mol. The van der Waals surface area contributed by atoms with Crippen molar-refractivity contribution < 1.29 is 9.13 Å². The highest BCUT2D eigenvalue weighted by molar-refractivity contribution is 5.31. The standard InChI is InChI=1S/C15H25FN4O/c1-19-7-8-20(2)13(10-19)12(18-17)9-11-5-4-6-14(21-3)15(11)16/h4-6,12-13,18H,7-10,17H2,1-3H3. The number of benzene rings is 1. The molecule has 0 bridgehead atoms. The molecule has 6 heteroatoms. The smallest absolute Gasteiger partial charge is 0.168 e. The lowest BCUT2D eigenvalue weighted by Crippen LogP contribution is -2.60. The van der Waals surface area contributed by atoms with Gasteiger partial charge in [-0.3, -0.25) is 16.2 Å². The van der Waals surface area contributed by atoms with Gasteiger partial charge in [-0.05, 0) is 32.1 Å². The Morgan fingerprint density at radius 3 is 2.86 bits per heavy atom. The number of likely N-dealkylation sites (N-methyl/N-ethyl adjacent to an activating group) is 2. The van der Waals surface area contributed by atoms with Crippen LogP contribution < -0.4 is 16.0 Å². The predicted molar refractivity (Wildman–Crippen MR) is 81.7 cm³/mol. The maximum absolute atomic E-state index is 14.3. The number of nitrogens with zero attached hydrogens (tertiary/aromatic N) is 2. The number of rotatable bonds is 5. The molecule has 118 valence electrons. The van der Waals surface area contributed by atoms with Crippen LogP contribution in [0.15, 0.2) is 18.2 Å². The minimum atomic E-state index is -0.299. The molecule has 0 radical (unpaired) electrons. The van der Waals surface area contributed by atoms with Crippen molar-refractivity contribution in [1.29, 1.82) is 0 Å². The normalized spacial score (nSPS) is 22.2. The number of methoxy groups -OCH3 is 1. The van der Waals surface area contributed by atoms with Gasteiger partial charge in [0, 0.05) is 31.7 Å². The van der Waals surface area contributed by atoms with E-state index in [9.17, 15) is 4.39 Å². The van der Waals surface area contributed by atoms with Crippen molar-refractivity contribution in [3.05, 3.63) is 29.6 Å². The van der Waals surface area contributed by atoms with Gasteiger partial charge < -0.3 is 9.64 Å². The Morgan fingerprint density at radius 2 is 2.19 bits per heavy atom. The summed E-state index contributed by atoms with van der Waals surface area (Å²) in [5, 5.41) is 0. The van der Waals surface area contributed by atoms with Crippen LogP contribution in [0.4, 0.5) is 4.39 Å². The third kappa shape index (κ3) is 3.71. The van der Waals surface area contributed by atoms with Crippen molar-refractivity contribution in [3.8, 4) is 5.75 Å². The van der Waals surface area contributed by atoms with E-state index in [4.69, 9.17) is 10.6 Å². The summed E-state index contributed by atoms with van der Waals surface area (Å²) >= 11 is 0. The molecule has 0 aliphatic carbocycles. The molecule has 0 spiro atoms. The number of hydrogen-bond acceptors (Lipinski definition) is 5. The fraction of sp³-hybridized carbons (Fsp3) is 0.600. The molecule has 0 amide bonds. The highest BCUT2D eigenvalue weighted by Gasteiger charge is 2.30. The third-order valence-corrected chi connectivity index (χ3v) is 4.28. The molecule has 3 N–H and O–H groups in total. The summed E-state index contributed by atoms with van der Waals surface area (Å²) in [5.74, 6) is 5.71. The number of piperazine rings is 1. The molecule has 0 aromatic heterocycles. The summed E-state index contributed by atoms with van der Waals surface area (Å²) in [5.41, 5.74) is 3.48. The summed E-state index contributed by atoms with van der Waals surface area (Å²) in [6, 6.07) is 5.46. The first kappa shape index (κ1) is 16.2. The lowest BCUT2D eigenvalue weighted by Gasteiger charge is -2.41. The van der Waals surface area contributed by atoms with E-state index in [1.54, 1.807) is 12.1 Å². The van der Waals surface area contributed by atoms with Gasteiger partial charge in [-0.2, -0.15) is 0 Å². The molecule has 1 fully saturated rings. The third-order valence-electron chi connectivity index (χ3n) is 4.28. The van der Waals surface area contributed by atoms with Crippen molar-refractivity contribution in [3.63, 3.8) is 0 Å². The fourth-order valence-electron chi connectivity index (χ4n) is 2.89. The first-order valence-electron chi connectivity index (χ1n) is 7.23. The molecule has 1 aromatic rings. The Labute approximate surface area is 125 Å². The maximum atomic E-state index is 14.3. The second kappa shape index (κ2) is 7.17. The molecule has 2 atom stereocenters. The van der Waals surface area contributed by atoms with Gasteiger partial charge in [-0.15, -0.1) is 0 Å². The number of hydrogen-bond donors (Lipinski definition) is 2. The minimum Gasteiger partial charge on any atom is -0.494 e. The average molecular weight is 296 g/mol. The highest BCUT2D eigenvalue weighted by Crippen LogP contribution is 2.22. The van der Waals surface area contributed by atoms with E-state index in [0.29, 0.717) is 12.0 Å². The van der Waals surface area contributed by atoms with Gasteiger partial charge in [0.2, 0.25) is 0 Å². The van der Waals surface area contributed by atoms with Gasteiger partial charge in [0.1, 0.15) is 0 Å². The van der Waals surface area contributed by atoms with E-state index >= 15 is 0 Å². The zero-order valence-corrected chi connectivity index (χ0v) is 13.0. The van der Waals surface area contributed by atoms with Crippen LogP contribution >= 0.6 is 0 Å². The summed E-state index contributed by atoms with van der Waals surface area (Å²) in [7, 11) is 5.66. The van der Waals surface area contributed by atoms with Gasteiger partial charge >= 0.3 is 0 Å². The molecule has 1 aliphatic heterocycles. The summed E-state index contributed by atoms with van der Waals surface area (Å²) in [6.07, 6.45) is 0.530. The summed E-state index contributed by atoms with van der Waals surface area (Å²) < 4.78 is 19.3. The molecule has 1 aliphatic rings. The van der Waals surface area contributed by atoms with Crippen LogP contribution in [0.1, 0.15) is 5.56 Å². The summed E-state index contributed by atoms with van der Waals surface area (Å²) in [6.45, 7) is 2.94. The van der Waals surface area contributed by atoms with E-state index < -0.39 is 0 Å². The second-order valence-corrected chi connectivity index (χ2v) is 5.72. The SMILES string of the molecule is COc1cccc(CC(NN)C2CN(C)CCN2C)c1F. The van der Waals surface area contributed by atoms with E-state index in [2.05, 4.69) is 29.3 Å². The first-order valence-corrected chi connectivity index (χ1v) is 7.23. The maximum Gasteiger partial charge on any atom is 0.168 e. The average Bonchev–Trinajstić information content (AvgIpc) is 2.49. The van der Waals surface area contributed by atoms with E-state index in [0.717, 1.165) is 19.6 Å². The number of halogens is 1. The number of ether oxygens (including phenoxy) is 1. The van der Waals surface area contributed by atoms with E-state index in [1.807, 2.05) is 6.07 Å². The van der Waals surface area contributed by atoms with Crippen molar-refractivity contribution in [1.82, 2.24) is 15.2 Å². The minimum absolute atomic E-state index is 0.0145. The van der Waals surface area contributed by atoms with Crippen LogP contribution in [0.3, 0.4) is 0 Å². The fourth-order valence-corrected chi connectivity index (χ4v) is 2.89. The molecule has 1 saturated heterocycles. The van der Waals surface area contributed by atoms with Crippen molar-refractivity contribution in [2.45, 2.75) is 18.5 Å². The number of nitrogens with one attached hydrogen (secondary N) is 1. The quantitative estimate of drug-likeness (QED) is 0.610. The first-order chi connectivity index (χ1) is 10.1. The van der Waals surface area contributed by atoms with Gasteiger partial charge in [0.05, 0.1) is 7.11 Å². The van der Waals surface area contributed by atoms with E-state index in [-0.39, 0.29) is 23.7 Å². The topological polar surface area (TPSA) is 53.8 Å². The Morgan fingerprint density at radius 1 is 1.43 bits per heavy atom. The van der Waals surface area contributed by atoms with Crippen LogP contribution in [-0.2, 0) is 6.42 Å². The Hall–Kier alpha value is -1.21. The molecular weight excluding hydrogens is 271 g/mol.